The van der Waals surface area contributed by atoms with Gasteiger partial charge in [0.15, 0.2) is 0 Å². The molecule has 0 aromatic heterocycles. The molecule has 0 radical (unpaired) electrons. The Bertz CT molecular complexity index is 487. The van der Waals surface area contributed by atoms with Gasteiger partial charge in [-0.15, -0.1) is 0 Å². The van der Waals surface area contributed by atoms with Crippen LogP contribution in [0.5, 0.6) is 0 Å². The highest BCUT2D eigenvalue weighted by molar-refractivity contribution is 7.90. The minimum atomic E-state index is -3.21. The molecule has 1 aliphatic heterocycles. The van der Waals surface area contributed by atoms with E-state index >= 15 is 0 Å². The van der Waals surface area contributed by atoms with Crippen LogP contribution in [0, 0.1) is 5.92 Å². The molecule has 1 rings (SSSR count). The molecule has 0 aromatic carbocycles. The van der Waals surface area contributed by atoms with Gasteiger partial charge in [-0.05, 0) is 19.3 Å². The summed E-state index contributed by atoms with van der Waals surface area (Å²) >= 11 is 0. The highest BCUT2D eigenvalue weighted by Crippen LogP contribution is 2.20. The molecule has 1 fully saturated rings. The number of hydrogen-bond acceptors (Lipinski definition) is 4. The predicted octanol–water partition coefficient (Wildman–Crippen LogP) is 0.181. The highest BCUT2D eigenvalue weighted by atomic mass is 32.2. The Hall–Kier alpha value is -1.11. The second-order valence-corrected chi connectivity index (χ2v) is 8.03. The zero-order chi connectivity index (χ0) is 15.7. The van der Waals surface area contributed by atoms with Crippen molar-refractivity contribution in [3.8, 4) is 0 Å². The van der Waals surface area contributed by atoms with Crippen LogP contribution < -0.4 is 5.32 Å². The summed E-state index contributed by atoms with van der Waals surface area (Å²) in [6.45, 7) is 7.20. The molecule has 3 atom stereocenters. The fourth-order valence-electron chi connectivity index (χ4n) is 2.63. The van der Waals surface area contributed by atoms with Crippen molar-refractivity contribution in [2.45, 2.75) is 52.2 Å². The van der Waals surface area contributed by atoms with Gasteiger partial charge in [0, 0.05) is 12.3 Å². The molecule has 0 bridgehead atoms. The number of nitrogens with one attached hydrogen (secondary N) is 1. The maximum absolute atomic E-state index is 12.5. The number of rotatable bonds is 5. The van der Waals surface area contributed by atoms with Crippen molar-refractivity contribution < 1.29 is 18.0 Å². The average molecular weight is 304 g/mol. The van der Waals surface area contributed by atoms with Crippen molar-refractivity contribution in [1.82, 2.24) is 10.2 Å². The topological polar surface area (TPSA) is 83.6 Å². The summed E-state index contributed by atoms with van der Waals surface area (Å²) in [5.74, 6) is -0.557. The molecule has 1 N–H and O–H groups in total. The maximum Gasteiger partial charge on any atom is 0.246 e. The lowest BCUT2D eigenvalue weighted by atomic mass is 9.96. The SMILES string of the molecule is CCC1C(=O)NC(C(C)C)C(=O)N1C(C)CS(C)(=O)=O. The molecule has 2 amide bonds. The van der Waals surface area contributed by atoms with Crippen molar-refractivity contribution in [1.29, 1.82) is 0 Å². The van der Waals surface area contributed by atoms with Crippen LogP contribution in [-0.4, -0.2) is 55.3 Å². The van der Waals surface area contributed by atoms with E-state index in [2.05, 4.69) is 5.32 Å². The van der Waals surface area contributed by atoms with Crippen molar-refractivity contribution >= 4 is 21.7 Å². The fourth-order valence-corrected chi connectivity index (χ4v) is 3.67. The van der Waals surface area contributed by atoms with Gasteiger partial charge in [-0.25, -0.2) is 8.42 Å². The van der Waals surface area contributed by atoms with Crippen LogP contribution in [0.2, 0.25) is 0 Å². The van der Waals surface area contributed by atoms with Crippen LogP contribution in [0.4, 0.5) is 0 Å². The van der Waals surface area contributed by atoms with Gasteiger partial charge in [-0.1, -0.05) is 20.8 Å². The molecule has 1 aliphatic rings. The Balaban J connectivity index is 3.08. The molecular formula is C13H24N2O4S. The van der Waals surface area contributed by atoms with Crippen molar-refractivity contribution in [3.05, 3.63) is 0 Å². The molecule has 6 nitrogen and oxygen atoms in total. The zero-order valence-corrected chi connectivity index (χ0v) is 13.5. The summed E-state index contributed by atoms with van der Waals surface area (Å²) in [5, 5.41) is 2.73. The third-order valence-corrected chi connectivity index (χ3v) is 4.62. The summed E-state index contributed by atoms with van der Waals surface area (Å²) in [7, 11) is -3.21. The molecule has 0 saturated carbocycles. The first-order valence-electron chi connectivity index (χ1n) is 6.88. The van der Waals surface area contributed by atoms with Crippen LogP contribution in [0.15, 0.2) is 0 Å². The summed E-state index contributed by atoms with van der Waals surface area (Å²) in [4.78, 5) is 26.1. The lowest BCUT2D eigenvalue weighted by molar-refractivity contribution is -0.152. The number of piperazine rings is 1. The van der Waals surface area contributed by atoms with E-state index in [4.69, 9.17) is 0 Å². The highest BCUT2D eigenvalue weighted by Gasteiger charge is 2.43. The quantitative estimate of drug-likeness (QED) is 0.785. The molecule has 7 heteroatoms. The molecule has 3 unspecified atom stereocenters. The number of carbonyl (C=O) groups is 2. The Labute approximate surface area is 120 Å². The molecule has 20 heavy (non-hydrogen) atoms. The maximum atomic E-state index is 12.5. The summed E-state index contributed by atoms with van der Waals surface area (Å²) in [5.41, 5.74) is 0. The van der Waals surface area contributed by atoms with E-state index in [0.29, 0.717) is 6.42 Å². The third kappa shape index (κ3) is 3.71. The first-order chi connectivity index (χ1) is 9.08. The normalized spacial score (nSPS) is 25.8. The van der Waals surface area contributed by atoms with Crippen LogP contribution in [0.1, 0.15) is 34.1 Å². The smallest absolute Gasteiger partial charge is 0.246 e. The lowest BCUT2D eigenvalue weighted by Gasteiger charge is -2.43. The third-order valence-electron chi connectivity index (χ3n) is 3.53. The van der Waals surface area contributed by atoms with Crippen molar-refractivity contribution in [2.24, 2.45) is 5.92 Å². The molecule has 116 valence electrons. The van der Waals surface area contributed by atoms with Crippen LogP contribution in [0.25, 0.3) is 0 Å². The van der Waals surface area contributed by atoms with E-state index in [1.54, 1.807) is 6.92 Å². The van der Waals surface area contributed by atoms with E-state index in [-0.39, 0.29) is 23.5 Å². The number of hydrogen-bond donors (Lipinski definition) is 1. The monoisotopic (exact) mass is 304 g/mol. The summed E-state index contributed by atoms with van der Waals surface area (Å²) in [6, 6.07) is -1.67. The van der Waals surface area contributed by atoms with E-state index in [1.165, 1.54) is 4.90 Å². The molecule has 1 heterocycles. The standard InChI is InChI=1S/C13H24N2O4S/c1-6-10-12(16)14-11(8(2)3)13(17)15(10)9(4)7-20(5,18)19/h8-11H,6-7H2,1-5H3,(H,14,16). The molecule has 0 aromatic rings. The van der Waals surface area contributed by atoms with E-state index in [9.17, 15) is 18.0 Å². The Kier molecular flexibility index (Phi) is 5.18. The van der Waals surface area contributed by atoms with Crippen LogP contribution in [-0.2, 0) is 19.4 Å². The first kappa shape index (κ1) is 16.9. The Morgan fingerprint density at radius 2 is 1.80 bits per heavy atom. The minimum Gasteiger partial charge on any atom is -0.342 e. The predicted molar refractivity (Wildman–Crippen MR) is 76.9 cm³/mol. The molecule has 1 saturated heterocycles. The number of nitrogens with zero attached hydrogens (tertiary/aromatic N) is 1. The van der Waals surface area contributed by atoms with Gasteiger partial charge in [0.1, 0.15) is 21.9 Å². The Morgan fingerprint density at radius 1 is 1.25 bits per heavy atom. The Morgan fingerprint density at radius 3 is 2.20 bits per heavy atom. The zero-order valence-electron chi connectivity index (χ0n) is 12.7. The summed E-state index contributed by atoms with van der Waals surface area (Å²) < 4.78 is 22.9. The van der Waals surface area contributed by atoms with E-state index in [0.717, 1.165) is 6.26 Å². The van der Waals surface area contributed by atoms with E-state index < -0.39 is 28.0 Å². The summed E-state index contributed by atoms with van der Waals surface area (Å²) in [6.07, 6.45) is 1.61. The van der Waals surface area contributed by atoms with Crippen molar-refractivity contribution in [2.75, 3.05) is 12.0 Å². The molecule has 0 aliphatic carbocycles. The second kappa shape index (κ2) is 6.11. The number of amides is 2. The van der Waals surface area contributed by atoms with Gasteiger partial charge in [0.2, 0.25) is 11.8 Å². The van der Waals surface area contributed by atoms with Crippen molar-refractivity contribution in [3.63, 3.8) is 0 Å². The largest absolute Gasteiger partial charge is 0.342 e. The lowest BCUT2D eigenvalue weighted by Crippen LogP contribution is -2.67. The van der Waals surface area contributed by atoms with Gasteiger partial charge in [-0.3, -0.25) is 9.59 Å². The van der Waals surface area contributed by atoms with Crippen LogP contribution >= 0.6 is 0 Å². The average Bonchev–Trinajstić information content (AvgIpc) is 2.28. The second-order valence-electron chi connectivity index (χ2n) is 5.84. The van der Waals surface area contributed by atoms with E-state index in [1.807, 2.05) is 20.8 Å². The minimum absolute atomic E-state index is 0.0304. The van der Waals surface area contributed by atoms with Gasteiger partial charge < -0.3 is 10.2 Å². The molecular weight excluding hydrogens is 280 g/mol. The number of sulfone groups is 1. The van der Waals surface area contributed by atoms with Gasteiger partial charge >= 0.3 is 0 Å². The van der Waals surface area contributed by atoms with Gasteiger partial charge in [-0.2, -0.15) is 0 Å². The molecule has 0 spiro atoms. The number of carbonyl (C=O) groups excluding carboxylic acids is 2. The fraction of sp³-hybridized carbons (Fsp3) is 0.846. The van der Waals surface area contributed by atoms with Crippen LogP contribution in [0.3, 0.4) is 0 Å². The first-order valence-corrected chi connectivity index (χ1v) is 8.94. The van der Waals surface area contributed by atoms with Gasteiger partial charge in [0.25, 0.3) is 0 Å². The van der Waals surface area contributed by atoms with Gasteiger partial charge in [0.05, 0.1) is 5.75 Å².